The van der Waals surface area contributed by atoms with Crippen molar-refractivity contribution in [2.75, 3.05) is 19.3 Å². The molecular weight excluding hydrogens is 266 g/mol. The molecule has 3 N–H and O–H groups in total. The van der Waals surface area contributed by atoms with Gasteiger partial charge in [0.15, 0.2) is 0 Å². The summed E-state index contributed by atoms with van der Waals surface area (Å²) in [6, 6.07) is 2.97. The minimum Gasteiger partial charge on any atom is -0.388 e. The van der Waals surface area contributed by atoms with Gasteiger partial charge in [-0.3, -0.25) is 4.79 Å². The molecule has 1 aromatic rings. The van der Waals surface area contributed by atoms with Gasteiger partial charge in [0.2, 0.25) is 0 Å². The number of hydrogen-bond acceptors (Lipinski definition) is 4. The van der Waals surface area contributed by atoms with Gasteiger partial charge >= 0.3 is 0 Å². The van der Waals surface area contributed by atoms with Gasteiger partial charge in [-0.25, -0.2) is 4.98 Å². The van der Waals surface area contributed by atoms with E-state index in [-0.39, 0.29) is 16.9 Å². The number of amides is 1. The third-order valence-electron chi connectivity index (χ3n) is 3.47. The number of hydrogen-bond donors (Lipinski definition) is 2. The van der Waals surface area contributed by atoms with Gasteiger partial charge in [-0.05, 0) is 25.0 Å². The molecule has 0 saturated heterocycles. The number of rotatable bonds is 3. The summed E-state index contributed by atoms with van der Waals surface area (Å²) in [5.41, 5.74) is 5.20. The molecule has 104 valence electrons. The van der Waals surface area contributed by atoms with Crippen LogP contribution in [0.3, 0.4) is 0 Å². The highest BCUT2D eigenvalue weighted by Crippen LogP contribution is 2.30. The van der Waals surface area contributed by atoms with Crippen molar-refractivity contribution in [2.45, 2.75) is 31.3 Å². The van der Waals surface area contributed by atoms with Crippen LogP contribution in [-0.2, 0) is 0 Å². The fourth-order valence-corrected chi connectivity index (χ4v) is 2.78. The minimum atomic E-state index is -0.757. The largest absolute Gasteiger partial charge is 0.388 e. The fraction of sp³-hybridized carbons (Fsp3) is 0.538. The molecule has 0 unspecified atom stereocenters. The molecule has 0 bridgehead atoms. The van der Waals surface area contributed by atoms with Crippen molar-refractivity contribution in [1.82, 2.24) is 9.88 Å². The molecule has 1 aliphatic rings. The average molecular weight is 284 g/mol. The highest BCUT2D eigenvalue weighted by Gasteiger charge is 2.33. The Bertz CT molecular complexity index is 467. The van der Waals surface area contributed by atoms with E-state index in [1.165, 1.54) is 17.0 Å². The zero-order valence-electron chi connectivity index (χ0n) is 10.9. The van der Waals surface area contributed by atoms with Crippen molar-refractivity contribution in [1.29, 1.82) is 0 Å². The molecule has 1 heterocycles. The van der Waals surface area contributed by atoms with Crippen LogP contribution in [0.25, 0.3) is 0 Å². The number of aliphatic hydroxyl groups is 1. The summed E-state index contributed by atoms with van der Waals surface area (Å²) in [6.45, 7) is 0.325. The fourth-order valence-electron chi connectivity index (χ4n) is 2.57. The molecule has 6 heteroatoms. The van der Waals surface area contributed by atoms with Gasteiger partial charge in [0, 0.05) is 19.2 Å². The van der Waals surface area contributed by atoms with Crippen LogP contribution in [0.4, 0.5) is 5.82 Å². The van der Waals surface area contributed by atoms with E-state index in [9.17, 15) is 9.90 Å². The monoisotopic (exact) mass is 283 g/mol. The Morgan fingerprint density at radius 1 is 1.53 bits per heavy atom. The van der Waals surface area contributed by atoms with E-state index in [1.54, 1.807) is 7.05 Å². The van der Waals surface area contributed by atoms with Crippen molar-refractivity contribution >= 4 is 23.3 Å². The van der Waals surface area contributed by atoms with Gasteiger partial charge in [0.05, 0.1) is 5.60 Å². The van der Waals surface area contributed by atoms with Gasteiger partial charge in [-0.1, -0.05) is 24.4 Å². The van der Waals surface area contributed by atoms with Gasteiger partial charge in [-0.15, -0.1) is 0 Å². The van der Waals surface area contributed by atoms with Gasteiger partial charge in [0.1, 0.15) is 11.0 Å². The van der Waals surface area contributed by atoms with E-state index in [0.29, 0.717) is 12.1 Å². The summed E-state index contributed by atoms with van der Waals surface area (Å²) in [5, 5.41) is 10.5. The third-order valence-corrected chi connectivity index (χ3v) is 3.67. The van der Waals surface area contributed by atoms with Crippen LogP contribution in [0.5, 0.6) is 0 Å². The number of carbonyl (C=O) groups is 1. The molecule has 5 nitrogen and oxygen atoms in total. The Morgan fingerprint density at radius 2 is 2.16 bits per heavy atom. The van der Waals surface area contributed by atoms with Crippen LogP contribution in [0, 0.1) is 0 Å². The quantitative estimate of drug-likeness (QED) is 0.828. The number of nitrogens with zero attached hydrogens (tertiary/aromatic N) is 2. The normalized spacial score (nSPS) is 17.4. The van der Waals surface area contributed by atoms with Gasteiger partial charge in [-0.2, -0.15) is 0 Å². The maximum absolute atomic E-state index is 12.3. The predicted molar refractivity (Wildman–Crippen MR) is 74.0 cm³/mol. The Morgan fingerprint density at radius 3 is 2.74 bits per heavy atom. The number of likely N-dealkylation sites (N-methyl/N-ethyl adjacent to an activating group) is 1. The zero-order chi connectivity index (χ0) is 14.0. The molecule has 2 rings (SSSR count). The maximum atomic E-state index is 12.3. The van der Waals surface area contributed by atoms with Crippen LogP contribution < -0.4 is 5.73 Å². The number of aromatic nitrogens is 1. The van der Waals surface area contributed by atoms with E-state index in [0.717, 1.165) is 25.7 Å². The molecule has 0 aliphatic heterocycles. The van der Waals surface area contributed by atoms with E-state index in [4.69, 9.17) is 17.3 Å². The van der Waals surface area contributed by atoms with Crippen LogP contribution in [0.2, 0.25) is 5.15 Å². The SMILES string of the molecule is CN(CC1(O)CCCC1)C(=O)c1cc(N)nc(Cl)c1. The second kappa shape index (κ2) is 5.35. The Labute approximate surface area is 117 Å². The molecule has 0 radical (unpaired) electrons. The van der Waals surface area contributed by atoms with Crippen molar-refractivity contribution in [3.05, 3.63) is 22.8 Å². The summed E-state index contributed by atoms with van der Waals surface area (Å²) >= 11 is 5.79. The first kappa shape index (κ1) is 14.1. The number of nitrogen functional groups attached to an aromatic ring is 1. The molecule has 1 aliphatic carbocycles. The first-order valence-electron chi connectivity index (χ1n) is 6.31. The molecular formula is C13H18ClN3O2. The van der Waals surface area contributed by atoms with E-state index < -0.39 is 5.60 Å². The van der Waals surface area contributed by atoms with E-state index >= 15 is 0 Å². The first-order chi connectivity index (χ1) is 8.89. The van der Waals surface area contributed by atoms with Crippen molar-refractivity contribution in [3.63, 3.8) is 0 Å². The van der Waals surface area contributed by atoms with Crippen LogP contribution in [-0.4, -0.2) is 40.1 Å². The van der Waals surface area contributed by atoms with Crippen molar-refractivity contribution in [3.8, 4) is 0 Å². The molecule has 0 atom stereocenters. The van der Waals surface area contributed by atoms with Crippen LogP contribution in [0.1, 0.15) is 36.0 Å². The summed E-state index contributed by atoms with van der Waals surface area (Å²) in [7, 11) is 1.67. The number of anilines is 1. The summed E-state index contributed by atoms with van der Waals surface area (Å²) in [5.74, 6) is 0.000142. The summed E-state index contributed by atoms with van der Waals surface area (Å²) in [6.07, 6.45) is 3.49. The van der Waals surface area contributed by atoms with Gasteiger partial charge in [0.25, 0.3) is 5.91 Å². The third kappa shape index (κ3) is 3.36. The lowest BCUT2D eigenvalue weighted by Gasteiger charge is -2.28. The molecule has 1 amide bonds. The Balaban J connectivity index is 2.10. The average Bonchev–Trinajstić information content (AvgIpc) is 2.73. The van der Waals surface area contributed by atoms with E-state index in [1.807, 2.05) is 0 Å². The molecule has 0 spiro atoms. The lowest BCUT2D eigenvalue weighted by Crippen LogP contribution is -2.42. The van der Waals surface area contributed by atoms with Crippen molar-refractivity contribution in [2.24, 2.45) is 0 Å². The van der Waals surface area contributed by atoms with E-state index in [2.05, 4.69) is 4.98 Å². The molecule has 0 aromatic carbocycles. The second-order valence-electron chi connectivity index (χ2n) is 5.20. The van der Waals surface area contributed by atoms with Crippen LogP contribution >= 0.6 is 11.6 Å². The molecule has 1 saturated carbocycles. The summed E-state index contributed by atoms with van der Waals surface area (Å²) < 4.78 is 0. The number of halogens is 1. The Hall–Kier alpha value is -1.33. The lowest BCUT2D eigenvalue weighted by atomic mass is 10.0. The smallest absolute Gasteiger partial charge is 0.253 e. The molecule has 19 heavy (non-hydrogen) atoms. The van der Waals surface area contributed by atoms with Crippen molar-refractivity contribution < 1.29 is 9.90 Å². The number of nitrogens with two attached hydrogens (primary N) is 1. The predicted octanol–water partition coefficient (Wildman–Crippen LogP) is 1.69. The van der Waals surface area contributed by atoms with Gasteiger partial charge < -0.3 is 15.7 Å². The highest BCUT2D eigenvalue weighted by molar-refractivity contribution is 6.29. The standard InChI is InChI=1S/C13H18ClN3O2/c1-17(8-13(19)4-2-3-5-13)12(18)9-6-10(14)16-11(15)7-9/h6-7,19H,2-5,8H2,1H3,(H2,15,16). The highest BCUT2D eigenvalue weighted by atomic mass is 35.5. The minimum absolute atomic E-state index is 0.191. The topological polar surface area (TPSA) is 79.5 Å². The maximum Gasteiger partial charge on any atom is 0.253 e. The zero-order valence-corrected chi connectivity index (χ0v) is 11.7. The molecule has 1 aromatic heterocycles. The Kier molecular flexibility index (Phi) is 3.96. The second-order valence-corrected chi connectivity index (χ2v) is 5.58. The molecule has 1 fully saturated rings. The number of carbonyl (C=O) groups excluding carboxylic acids is 1. The first-order valence-corrected chi connectivity index (χ1v) is 6.68. The van der Waals surface area contributed by atoms with Crippen LogP contribution in [0.15, 0.2) is 12.1 Å². The number of pyridine rings is 1. The lowest BCUT2D eigenvalue weighted by molar-refractivity contribution is 0.0157. The summed E-state index contributed by atoms with van der Waals surface area (Å²) in [4.78, 5) is 17.6.